The highest BCUT2D eigenvalue weighted by Crippen LogP contribution is 2.28. The number of rotatable bonds is 4. The molecule has 1 aromatic rings. The highest BCUT2D eigenvalue weighted by molar-refractivity contribution is 5.68. The first-order chi connectivity index (χ1) is 12.1. The predicted octanol–water partition coefficient (Wildman–Crippen LogP) is 1.74. The van der Waals surface area contributed by atoms with Crippen LogP contribution < -0.4 is 10.2 Å². The van der Waals surface area contributed by atoms with E-state index in [9.17, 15) is 15.4 Å². The summed E-state index contributed by atoms with van der Waals surface area (Å²) >= 11 is 0. The van der Waals surface area contributed by atoms with Crippen LogP contribution in [0.5, 0.6) is 0 Å². The van der Waals surface area contributed by atoms with Gasteiger partial charge in [0.15, 0.2) is 0 Å². The van der Waals surface area contributed by atoms with Gasteiger partial charge in [0.2, 0.25) is 0 Å². The fraction of sp³-hybridized carbons (Fsp3) is 0.556. The molecule has 25 heavy (non-hydrogen) atoms. The molecule has 1 aromatic carbocycles. The molecule has 130 valence electrons. The van der Waals surface area contributed by atoms with Gasteiger partial charge in [0.1, 0.15) is 23.9 Å². The molecule has 0 bridgehead atoms. The fourth-order valence-corrected chi connectivity index (χ4v) is 4.30. The third-order valence-electron chi connectivity index (χ3n) is 5.53. The second-order valence-electron chi connectivity index (χ2n) is 6.92. The lowest BCUT2D eigenvalue weighted by Crippen LogP contribution is -3.21. The Morgan fingerprint density at radius 1 is 1.16 bits per heavy atom. The highest BCUT2D eigenvalue weighted by atomic mass is 16.6. The summed E-state index contributed by atoms with van der Waals surface area (Å²) < 4.78 is 0. The Labute approximate surface area is 147 Å². The number of anilines is 1. The van der Waals surface area contributed by atoms with Crippen LogP contribution in [-0.4, -0.2) is 30.1 Å². The number of fused-ring (bicyclic) bond motifs is 1. The fourth-order valence-electron chi connectivity index (χ4n) is 4.30. The van der Waals surface area contributed by atoms with Crippen molar-refractivity contribution in [2.45, 2.75) is 50.6 Å². The minimum absolute atomic E-state index is 0.0409. The Bertz CT molecular complexity index is 747. The zero-order valence-electron chi connectivity index (χ0n) is 14.1. The average molecular weight is 340 g/mol. The molecule has 2 N–H and O–H groups in total. The monoisotopic (exact) mass is 340 g/mol. The Balaban J connectivity index is 1.79. The normalized spacial score (nSPS) is 25.3. The maximum absolute atomic E-state index is 11.3. The molecule has 7 nitrogen and oxygen atoms in total. The molecule has 0 radical (unpaired) electrons. The number of nitrogens with one attached hydrogen (secondary N) is 2. The highest BCUT2D eigenvalue weighted by Gasteiger charge is 2.36. The Kier molecular flexibility index (Phi) is 5.16. The minimum Gasteiger partial charge on any atom is -0.374 e. The van der Waals surface area contributed by atoms with Gasteiger partial charge in [-0.05, 0) is 38.2 Å². The molecule has 2 aliphatic heterocycles. The van der Waals surface area contributed by atoms with Crippen LogP contribution in [0.4, 0.5) is 11.4 Å². The Morgan fingerprint density at radius 3 is 2.60 bits per heavy atom. The number of nitro benzene ring substituents is 1. The van der Waals surface area contributed by atoms with Crippen molar-refractivity contribution in [2.24, 2.45) is 0 Å². The van der Waals surface area contributed by atoms with E-state index in [0.717, 1.165) is 12.5 Å². The van der Waals surface area contributed by atoms with Crippen LogP contribution in [0.25, 0.3) is 0 Å². The molecule has 2 aliphatic rings. The van der Waals surface area contributed by atoms with E-state index >= 15 is 0 Å². The molecule has 3 atom stereocenters. The quantitative estimate of drug-likeness (QED) is 0.641. The summed E-state index contributed by atoms with van der Waals surface area (Å²) in [7, 11) is 0. The maximum Gasteiger partial charge on any atom is 0.293 e. The first-order valence-corrected chi connectivity index (χ1v) is 8.86. The van der Waals surface area contributed by atoms with E-state index in [4.69, 9.17) is 5.26 Å². The first-order valence-electron chi connectivity index (χ1n) is 8.86. The van der Waals surface area contributed by atoms with Crippen molar-refractivity contribution in [3.63, 3.8) is 0 Å². The van der Waals surface area contributed by atoms with Gasteiger partial charge >= 0.3 is 0 Å². The van der Waals surface area contributed by atoms with E-state index in [1.165, 1.54) is 50.8 Å². The number of quaternary nitrogens is 1. The van der Waals surface area contributed by atoms with Crippen LogP contribution in [0.1, 0.15) is 49.7 Å². The molecule has 0 aliphatic carbocycles. The number of nitriles is 2. The second kappa shape index (κ2) is 7.50. The van der Waals surface area contributed by atoms with Crippen molar-refractivity contribution >= 4 is 11.4 Å². The minimum atomic E-state index is -0.498. The van der Waals surface area contributed by atoms with Crippen LogP contribution in [0.15, 0.2) is 12.1 Å². The third-order valence-corrected chi connectivity index (χ3v) is 5.53. The van der Waals surface area contributed by atoms with Crippen molar-refractivity contribution in [1.29, 1.82) is 10.5 Å². The van der Waals surface area contributed by atoms with Gasteiger partial charge in [-0.15, -0.1) is 0 Å². The third kappa shape index (κ3) is 3.57. The number of hydrogen-bond acceptors (Lipinski definition) is 5. The van der Waals surface area contributed by atoms with E-state index < -0.39 is 4.92 Å². The van der Waals surface area contributed by atoms with Crippen molar-refractivity contribution in [3.05, 3.63) is 33.4 Å². The summed E-state index contributed by atoms with van der Waals surface area (Å²) in [6, 6.07) is 7.59. The number of benzene rings is 1. The molecule has 0 amide bonds. The van der Waals surface area contributed by atoms with E-state index in [0.29, 0.717) is 18.3 Å². The second-order valence-corrected chi connectivity index (χ2v) is 6.92. The smallest absolute Gasteiger partial charge is 0.293 e. The zero-order valence-corrected chi connectivity index (χ0v) is 14.1. The molecule has 2 heterocycles. The lowest BCUT2D eigenvalue weighted by Gasteiger charge is -2.42. The average Bonchev–Trinajstić information content (AvgIpc) is 2.65. The molecular formula is C18H22N5O2+. The predicted molar refractivity (Wildman–Crippen MR) is 92.1 cm³/mol. The van der Waals surface area contributed by atoms with Gasteiger partial charge in [-0.3, -0.25) is 10.1 Å². The van der Waals surface area contributed by atoms with Gasteiger partial charge in [0.25, 0.3) is 5.69 Å². The van der Waals surface area contributed by atoms with Gasteiger partial charge in [-0.25, -0.2) is 0 Å². The van der Waals surface area contributed by atoms with Crippen molar-refractivity contribution in [1.82, 2.24) is 0 Å². The molecule has 1 unspecified atom stereocenters. The van der Waals surface area contributed by atoms with Gasteiger partial charge in [0, 0.05) is 12.5 Å². The molecule has 0 aromatic heterocycles. The maximum atomic E-state index is 11.3. The van der Waals surface area contributed by atoms with Crippen LogP contribution in [0, 0.1) is 32.8 Å². The van der Waals surface area contributed by atoms with Crippen molar-refractivity contribution in [3.8, 4) is 12.1 Å². The molecule has 2 fully saturated rings. The Hall–Kier alpha value is -2.64. The van der Waals surface area contributed by atoms with E-state index in [1.807, 2.05) is 12.1 Å². The number of nitrogens with zero attached hydrogens (tertiary/aromatic N) is 3. The van der Waals surface area contributed by atoms with E-state index in [-0.39, 0.29) is 16.8 Å². The molecule has 2 saturated heterocycles. The largest absolute Gasteiger partial charge is 0.374 e. The van der Waals surface area contributed by atoms with Crippen molar-refractivity contribution < 1.29 is 9.82 Å². The van der Waals surface area contributed by atoms with Gasteiger partial charge in [-0.2, -0.15) is 10.5 Å². The van der Waals surface area contributed by atoms with E-state index in [1.54, 1.807) is 4.90 Å². The van der Waals surface area contributed by atoms with E-state index in [2.05, 4.69) is 5.32 Å². The van der Waals surface area contributed by atoms with Crippen LogP contribution in [0.3, 0.4) is 0 Å². The molecule has 7 heteroatoms. The lowest BCUT2D eigenvalue weighted by atomic mass is 9.89. The van der Waals surface area contributed by atoms with Crippen LogP contribution in [0.2, 0.25) is 0 Å². The molecule has 3 rings (SSSR count). The topological polar surface area (TPSA) is 107 Å². The number of hydrogen-bond donors (Lipinski definition) is 2. The number of piperidine rings is 2. The first kappa shape index (κ1) is 17.2. The summed E-state index contributed by atoms with van der Waals surface area (Å²) in [5, 5.41) is 32.8. The summed E-state index contributed by atoms with van der Waals surface area (Å²) in [5.41, 5.74) is 0.400. The standard InChI is InChI=1S/C18H21N5O2/c19-10-13-8-17(18(23(24)25)9-14(13)11-20)21-12-16-6-3-5-15-4-1-2-7-22(15)16/h8-9,15-16,21H,1-7,12H2/p+1/t15-,16+/m1/s1. The molecule has 0 spiro atoms. The molecular weight excluding hydrogens is 318 g/mol. The summed E-state index contributed by atoms with van der Waals surface area (Å²) in [5.74, 6) is 0. The SMILES string of the molecule is N#Cc1cc(NC[C@@H]2CCC[C@H]3CCCC[NH+]32)c([N+](=O)[O-])cc1C#N. The summed E-state index contributed by atoms with van der Waals surface area (Å²) in [6.45, 7) is 1.83. The lowest BCUT2D eigenvalue weighted by molar-refractivity contribution is -0.958. The number of nitro groups is 1. The summed E-state index contributed by atoms with van der Waals surface area (Å²) in [6.07, 6.45) is 7.44. The van der Waals surface area contributed by atoms with Crippen LogP contribution in [-0.2, 0) is 0 Å². The summed E-state index contributed by atoms with van der Waals surface area (Å²) in [4.78, 5) is 12.5. The van der Waals surface area contributed by atoms with Crippen molar-refractivity contribution in [2.75, 3.05) is 18.4 Å². The zero-order chi connectivity index (χ0) is 17.8. The Morgan fingerprint density at radius 2 is 1.88 bits per heavy atom. The van der Waals surface area contributed by atoms with Gasteiger partial charge in [-0.1, -0.05) is 0 Å². The molecule has 0 saturated carbocycles. The van der Waals surface area contributed by atoms with Gasteiger partial charge in [0.05, 0.1) is 35.2 Å². The van der Waals surface area contributed by atoms with Gasteiger partial charge < -0.3 is 10.2 Å². The van der Waals surface area contributed by atoms with Crippen LogP contribution >= 0.6 is 0 Å².